The van der Waals surface area contributed by atoms with Crippen molar-refractivity contribution in [2.75, 3.05) is 0 Å². The maximum absolute atomic E-state index is 11.6. The Balaban J connectivity index is 2.22. The van der Waals surface area contributed by atoms with Crippen molar-refractivity contribution in [1.82, 2.24) is 0 Å². The number of aliphatic carboxylic acids is 1. The van der Waals surface area contributed by atoms with Gasteiger partial charge in [-0.05, 0) is 49.3 Å². The van der Waals surface area contributed by atoms with Crippen molar-refractivity contribution < 1.29 is 14.6 Å². The molecule has 0 spiro atoms. The lowest BCUT2D eigenvalue weighted by Gasteiger charge is -2.33. The Morgan fingerprint density at radius 3 is 2.53 bits per heavy atom. The fraction of sp³-hybridized carbons (Fsp3) is 0.562. The van der Waals surface area contributed by atoms with E-state index in [1.807, 2.05) is 24.3 Å². The van der Waals surface area contributed by atoms with Crippen LogP contribution in [-0.4, -0.2) is 16.7 Å². The molecule has 0 bridgehead atoms. The second-order valence-corrected chi connectivity index (χ2v) is 5.69. The summed E-state index contributed by atoms with van der Waals surface area (Å²) in [7, 11) is 0. The Morgan fingerprint density at radius 1 is 1.26 bits per heavy atom. The molecule has 0 heterocycles. The van der Waals surface area contributed by atoms with Gasteiger partial charge < -0.3 is 9.84 Å². The molecule has 1 fully saturated rings. The van der Waals surface area contributed by atoms with Crippen LogP contribution in [0.3, 0.4) is 0 Å². The van der Waals surface area contributed by atoms with E-state index >= 15 is 0 Å². The van der Waals surface area contributed by atoms with E-state index in [0.717, 1.165) is 19.3 Å². The molecule has 0 atom stereocenters. The quantitative estimate of drug-likeness (QED) is 0.892. The van der Waals surface area contributed by atoms with Gasteiger partial charge in [-0.1, -0.05) is 32.4 Å². The van der Waals surface area contributed by atoms with Crippen LogP contribution in [-0.2, 0) is 4.79 Å². The molecule has 2 rings (SSSR count). The summed E-state index contributed by atoms with van der Waals surface area (Å²) >= 11 is 0. The van der Waals surface area contributed by atoms with Crippen LogP contribution in [0.15, 0.2) is 24.3 Å². The van der Waals surface area contributed by atoms with Crippen molar-refractivity contribution in [2.24, 2.45) is 0 Å². The van der Waals surface area contributed by atoms with Crippen LogP contribution in [0, 0.1) is 0 Å². The molecule has 3 nitrogen and oxygen atoms in total. The standard InChI is InChI=1S/C16H22O3/c1-12(2)13-7-6-8-14(11-13)19-16(15(17)18)9-4-3-5-10-16/h6-8,11-12H,3-5,9-10H2,1-2H3,(H,17,18). The predicted octanol–water partition coefficient (Wildman–Crippen LogP) is 3.98. The maximum atomic E-state index is 11.6. The SMILES string of the molecule is CC(C)c1cccc(OC2(C(=O)O)CCCCC2)c1. The molecule has 0 aromatic heterocycles. The fourth-order valence-electron chi connectivity index (χ4n) is 2.65. The number of carbonyl (C=O) groups is 1. The highest BCUT2D eigenvalue weighted by Gasteiger charge is 2.42. The molecule has 1 N–H and O–H groups in total. The molecule has 0 amide bonds. The largest absolute Gasteiger partial charge is 0.478 e. The zero-order valence-electron chi connectivity index (χ0n) is 11.7. The van der Waals surface area contributed by atoms with E-state index in [1.54, 1.807) is 0 Å². The number of carboxylic acid groups (broad SMARTS) is 1. The smallest absolute Gasteiger partial charge is 0.348 e. The Bertz CT molecular complexity index is 445. The van der Waals surface area contributed by atoms with Crippen LogP contribution in [0.4, 0.5) is 0 Å². The number of hydrogen-bond donors (Lipinski definition) is 1. The van der Waals surface area contributed by atoms with E-state index in [1.165, 1.54) is 5.56 Å². The molecule has 1 aromatic rings. The van der Waals surface area contributed by atoms with Crippen LogP contribution in [0.25, 0.3) is 0 Å². The van der Waals surface area contributed by atoms with Crippen molar-refractivity contribution in [3.63, 3.8) is 0 Å². The van der Waals surface area contributed by atoms with E-state index in [0.29, 0.717) is 24.5 Å². The van der Waals surface area contributed by atoms with Crippen LogP contribution < -0.4 is 4.74 Å². The highest BCUT2D eigenvalue weighted by Crippen LogP contribution is 2.34. The monoisotopic (exact) mass is 262 g/mol. The summed E-state index contributed by atoms with van der Waals surface area (Å²) in [6, 6.07) is 7.80. The second-order valence-electron chi connectivity index (χ2n) is 5.69. The van der Waals surface area contributed by atoms with Crippen molar-refractivity contribution in [1.29, 1.82) is 0 Å². The summed E-state index contributed by atoms with van der Waals surface area (Å²) in [5, 5.41) is 9.50. The molecule has 0 aliphatic heterocycles. The van der Waals surface area contributed by atoms with Gasteiger partial charge in [0.2, 0.25) is 5.60 Å². The van der Waals surface area contributed by atoms with E-state index in [-0.39, 0.29) is 0 Å². The average Bonchev–Trinajstić information content (AvgIpc) is 2.40. The zero-order valence-corrected chi connectivity index (χ0v) is 11.7. The summed E-state index contributed by atoms with van der Waals surface area (Å²) in [6.45, 7) is 4.24. The average molecular weight is 262 g/mol. The number of carboxylic acids is 1. The molecule has 104 valence electrons. The zero-order chi connectivity index (χ0) is 13.9. The molecule has 1 aliphatic carbocycles. The highest BCUT2D eigenvalue weighted by molar-refractivity contribution is 5.78. The molecule has 0 saturated heterocycles. The van der Waals surface area contributed by atoms with Gasteiger partial charge in [0.05, 0.1) is 0 Å². The lowest BCUT2D eigenvalue weighted by molar-refractivity contribution is -0.158. The predicted molar refractivity (Wildman–Crippen MR) is 74.6 cm³/mol. The number of ether oxygens (including phenoxy) is 1. The summed E-state index contributed by atoms with van der Waals surface area (Å²) in [5.41, 5.74) is 0.155. The van der Waals surface area contributed by atoms with Crippen molar-refractivity contribution in [3.05, 3.63) is 29.8 Å². The second kappa shape index (κ2) is 5.64. The van der Waals surface area contributed by atoms with Crippen LogP contribution in [0.1, 0.15) is 57.4 Å². The Kier molecular flexibility index (Phi) is 4.13. The van der Waals surface area contributed by atoms with Crippen LogP contribution in [0.2, 0.25) is 0 Å². The normalized spacial score (nSPS) is 18.3. The fourth-order valence-corrected chi connectivity index (χ4v) is 2.65. The van der Waals surface area contributed by atoms with E-state index in [2.05, 4.69) is 13.8 Å². The first-order valence-corrected chi connectivity index (χ1v) is 7.06. The third-order valence-electron chi connectivity index (χ3n) is 3.89. The summed E-state index contributed by atoms with van der Waals surface area (Å²) in [4.78, 5) is 11.6. The number of rotatable bonds is 4. The van der Waals surface area contributed by atoms with Gasteiger partial charge in [0.1, 0.15) is 5.75 Å². The van der Waals surface area contributed by atoms with Crippen molar-refractivity contribution in [2.45, 2.75) is 57.5 Å². The first-order valence-electron chi connectivity index (χ1n) is 7.06. The molecule has 1 saturated carbocycles. The lowest BCUT2D eigenvalue weighted by atomic mass is 9.84. The highest BCUT2D eigenvalue weighted by atomic mass is 16.5. The third-order valence-corrected chi connectivity index (χ3v) is 3.89. The topological polar surface area (TPSA) is 46.5 Å². The first kappa shape index (κ1) is 13.9. The van der Waals surface area contributed by atoms with Gasteiger partial charge in [-0.3, -0.25) is 0 Å². The summed E-state index contributed by atoms with van der Waals surface area (Å²) < 4.78 is 5.90. The number of hydrogen-bond acceptors (Lipinski definition) is 2. The minimum atomic E-state index is -1.02. The third kappa shape index (κ3) is 3.09. The molecule has 3 heteroatoms. The summed E-state index contributed by atoms with van der Waals surface area (Å²) in [6.07, 6.45) is 4.17. The molecule has 19 heavy (non-hydrogen) atoms. The van der Waals surface area contributed by atoms with Gasteiger partial charge in [0.25, 0.3) is 0 Å². The van der Waals surface area contributed by atoms with Crippen LogP contribution in [0.5, 0.6) is 5.75 Å². The lowest BCUT2D eigenvalue weighted by Crippen LogP contribution is -2.46. The van der Waals surface area contributed by atoms with Gasteiger partial charge in [-0.25, -0.2) is 4.79 Å². The van der Waals surface area contributed by atoms with E-state index in [4.69, 9.17) is 4.74 Å². The van der Waals surface area contributed by atoms with E-state index in [9.17, 15) is 9.90 Å². The minimum Gasteiger partial charge on any atom is -0.478 e. The molecule has 1 aliphatic rings. The van der Waals surface area contributed by atoms with Gasteiger partial charge in [-0.2, -0.15) is 0 Å². The first-order chi connectivity index (χ1) is 9.03. The maximum Gasteiger partial charge on any atom is 0.348 e. The molecule has 0 radical (unpaired) electrons. The van der Waals surface area contributed by atoms with E-state index < -0.39 is 11.6 Å². The number of benzene rings is 1. The molecule has 1 aromatic carbocycles. The molecular formula is C16H22O3. The Morgan fingerprint density at radius 2 is 1.95 bits per heavy atom. The van der Waals surface area contributed by atoms with Crippen LogP contribution >= 0.6 is 0 Å². The Labute approximate surface area is 114 Å². The van der Waals surface area contributed by atoms with Crippen molar-refractivity contribution in [3.8, 4) is 5.75 Å². The van der Waals surface area contributed by atoms with Gasteiger partial charge in [0, 0.05) is 0 Å². The van der Waals surface area contributed by atoms with Crippen molar-refractivity contribution >= 4 is 5.97 Å². The van der Waals surface area contributed by atoms with Gasteiger partial charge >= 0.3 is 5.97 Å². The van der Waals surface area contributed by atoms with Gasteiger partial charge in [-0.15, -0.1) is 0 Å². The molecule has 0 unspecified atom stereocenters. The Hall–Kier alpha value is -1.51. The van der Waals surface area contributed by atoms with Gasteiger partial charge in [0.15, 0.2) is 0 Å². The summed E-state index contributed by atoms with van der Waals surface area (Å²) in [5.74, 6) is 0.258. The molecular weight excluding hydrogens is 240 g/mol. The minimum absolute atomic E-state index is 0.413.